The zero-order chi connectivity index (χ0) is 26.6. The number of phenols is 2. The van der Waals surface area contributed by atoms with Gasteiger partial charge in [0.1, 0.15) is 35.7 Å². The third-order valence-corrected chi connectivity index (χ3v) is 7.80. The number of rotatable bonds is 8. The summed E-state index contributed by atoms with van der Waals surface area (Å²) in [5, 5.41) is 20.2. The molecular weight excluding hydrogens is 481 g/mol. The van der Waals surface area contributed by atoms with Gasteiger partial charge in [-0.05, 0) is 105 Å². The highest BCUT2D eigenvalue weighted by molar-refractivity contribution is 5.95. The second-order valence-corrected chi connectivity index (χ2v) is 10.5. The van der Waals surface area contributed by atoms with Crippen LogP contribution in [0, 0.1) is 5.92 Å². The van der Waals surface area contributed by atoms with Crippen LogP contribution in [0.2, 0.25) is 0 Å². The third-order valence-electron chi connectivity index (χ3n) is 7.80. The standard InChI is InChI=1S/C32H36FNO4/c1-21(34-16-4-5-23(19-34)14-15-33)20-37-28-11-8-24(9-12-28)32-31(25-6-3-7-26(35)17-25)22(2)29-18-27(36)10-13-30(29)38-32/h3,6-13,17-18,21,23,32,35-36H,4-5,14-16,19-20H2,1-2H3. The first-order valence-corrected chi connectivity index (χ1v) is 13.5. The Hall–Kier alpha value is -3.51. The number of benzene rings is 3. The van der Waals surface area contributed by atoms with E-state index in [9.17, 15) is 14.6 Å². The second-order valence-electron chi connectivity index (χ2n) is 10.5. The molecule has 0 aromatic heterocycles. The number of hydrogen-bond acceptors (Lipinski definition) is 5. The first-order chi connectivity index (χ1) is 18.4. The number of piperidine rings is 1. The normalized spacial score (nSPS) is 20.5. The molecule has 2 aliphatic rings. The van der Waals surface area contributed by atoms with Gasteiger partial charge in [-0.15, -0.1) is 0 Å². The molecule has 2 heterocycles. The number of aromatic hydroxyl groups is 2. The smallest absolute Gasteiger partial charge is 0.150 e. The lowest BCUT2D eigenvalue weighted by Crippen LogP contribution is -2.44. The number of halogens is 1. The van der Waals surface area contributed by atoms with Crippen LogP contribution in [-0.2, 0) is 0 Å². The predicted molar refractivity (Wildman–Crippen MR) is 148 cm³/mol. The molecule has 5 nitrogen and oxygen atoms in total. The number of nitrogens with zero attached hydrogens (tertiary/aromatic N) is 1. The molecule has 0 radical (unpaired) electrons. The summed E-state index contributed by atoms with van der Waals surface area (Å²) in [4.78, 5) is 2.42. The Morgan fingerprint density at radius 3 is 2.61 bits per heavy atom. The maximum atomic E-state index is 12.8. The minimum Gasteiger partial charge on any atom is -0.508 e. The highest BCUT2D eigenvalue weighted by atomic mass is 19.1. The maximum absolute atomic E-state index is 12.8. The molecule has 0 aliphatic carbocycles. The van der Waals surface area contributed by atoms with E-state index in [1.54, 1.807) is 30.3 Å². The van der Waals surface area contributed by atoms with E-state index < -0.39 is 0 Å². The van der Waals surface area contributed by atoms with Crippen molar-refractivity contribution in [1.29, 1.82) is 0 Å². The summed E-state index contributed by atoms with van der Waals surface area (Å²) >= 11 is 0. The first-order valence-electron chi connectivity index (χ1n) is 13.5. The van der Waals surface area contributed by atoms with Crippen LogP contribution in [0.5, 0.6) is 23.0 Å². The number of allylic oxidation sites excluding steroid dienone is 1. The molecular formula is C32H36FNO4. The SMILES string of the molecule is CC1=C(c2cccc(O)c2)C(c2ccc(OCC(C)N3CCCC(CCF)C3)cc2)Oc2ccc(O)cc21. The Morgan fingerprint density at radius 1 is 1.05 bits per heavy atom. The molecule has 1 fully saturated rings. The van der Waals surface area contributed by atoms with Gasteiger partial charge in [-0.2, -0.15) is 0 Å². The van der Waals surface area contributed by atoms with Gasteiger partial charge in [-0.25, -0.2) is 0 Å². The Morgan fingerprint density at radius 2 is 1.84 bits per heavy atom. The van der Waals surface area contributed by atoms with Gasteiger partial charge in [0.15, 0.2) is 0 Å². The molecule has 3 aromatic rings. The minimum absolute atomic E-state index is 0.179. The van der Waals surface area contributed by atoms with Crippen molar-refractivity contribution in [3.63, 3.8) is 0 Å². The van der Waals surface area contributed by atoms with Crippen LogP contribution in [0.4, 0.5) is 4.39 Å². The summed E-state index contributed by atoms with van der Waals surface area (Å²) < 4.78 is 25.4. The number of phenolic OH excluding ortho intramolecular Hbond substituents is 2. The highest BCUT2D eigenvalue weighted by Gasteiger charge is 2.30. The van der Waals surface area contributed by atoms with E-state index in [2.05, 4.69) is 11.8 Å². The third kappa shape index (κ3) is 5.65. The van der Waals surface area contributed by atoms with E-state index in [0.29, 0.717) is 24.7 Å². The Balaban J connectivity index is 1.34. The fourth-order valence-electron chi connectivity index (χ4n) is 5.67. The summed E-state index contributed by atoms with van der Waals surface area (Å²) in [7, 11) is 0. The van der Waals surface area contributed by atoms with E-state index in [0.717, 1.165) is 59.5 Å². The number of fused-ring (bicyclic) bond motifs is 1. The maximum Gasteiger partial charge on any atom is 0.150 e. The lowest BCUT2D eigenvalue weighted by molar-refractivity contribution is 0.0917. The number of hydrogen-bond donors (Lipinski definition) is 2. The van der Waals surface area contributed by atoms with Crippen LogP contribution in [0.1, 0.15) is 55.9 Å². The van der Waals surface area contributed by atoms with Gasteiger partial charge in [0.25, 0.3) is 0 Å². The van der Waals surface area contributed by atoms with Gasteiger partial charge in [0, 0.05) is 23.7 Å². The van der Waals surface area contributed by atoms with Crippen LogP contribution >= 0.6 is 0 Å². The molecule has 6 heteroatoms. The van der Waals surface area contributed by atoms with Gasteiger partial charge >= 0.3 is 0 Å². The molecule has 3 aromatic carbocycles. The van der Waals surface area contributed by atoms with Crippen LogP contribution in [-0.4, -0.2) is 47.5 Å². The van der Waals surface area contributed by atoms with Crippen molar-refractivity contribution in [3.05, 3.63) is 83.4 Å². The Kier molecular flexibility index (Phi) is 7.89. The quantitative estimate of drug-likeness (QED) is 0.337. The van der Waals surface area contributed by atoms with Crippen molar-refractivity contribution in [2.75, 3.05) is 26.4 Å². The highest BCUT2D eigenvalue weighted by Crippen LogP contribution is 2.47. The summed E-state index contributed by atoms with van der Waals surface area (Å²) in [6.45, 7) is 6.50. The van der Waals surface area contributed by atoms with Gasteiger partial charge < -0.3 is 19.7 Å². The summed E-state index contributed by atoms with van der Waals surface area (Å²) in [5.41, 5.74) is 4.59. The molecule has 1 saturated heterocycles. The summed E-state index contributed by atoms with van der Waals surface area (Å²) in [5.74, 6) is 2.30. The van der Waals surface area contributed by atoms with Crippen molar-refractivity contribution in [2.24, 2.45) is 5.92 Å². The predicted octanol–water partition coefficient (Wildman–Crippen LogP) is 7.00. The lowest BCUT2D eigenvalue weighted by atomic mass is 9.86. The summed E-state index contributed by atoms with van der Waals surface area (Å²) in [6, 6.07) is 20.5. The molecule has 0 spiro atoms. The average Bonchev–Trinajstić information content (AvgIpc) is 2.92. The van der Waals surface area contributed by atoms with E-state index in [4.69, 9.17) is 9.47 Å². The zero-order valence-electron chi connectivity index (χ0n) is 22.1. The van der Waals surface area contributed by atoms with Gasteiger partial charge in [0.2, 0.25) is 0 Å². The topological polar surface area (TPSA) is 62.2 Å². The Bertz CT molecular complexity index is 1290. The average molecular weight is 518 g/mol. The zero-order valence-corrected chi connectivity index (χ0v) is 22.1. The molecule has 5 rings (SSSR count). The van der Waals surface area contributed by atoms with Crippen LogP contribution < -0.4 is 9.47 Å². The lowest BCUT2D eigenvalue weighted by Gasteiger charge is -2.36. The molecule has 0 amide bonds. The van der Waals surface area contributed by atoms with Crippen molar-refractivity contribution in [1.82, 2.24) is 4.90 Å². The number of alkyl halides is 1. The molecule has 0 bridgehead atoms. The van der Waals surface area contributed by atoms with Crippen LogP contribution in [0.3, 0.4) is 0 Å². The van der Waals surface area contributed by atoms with Crippen molar-refractivity contribution in [2.45, 2.75) is 45.3 Å². The molecule has 200 valence electrons. The molecule has 3 atom stereocenters. The van der Waals surface area contributed by atoms with E-state index in [-0.39, 0.29) is 30.3 Å². The van der Waals surface area contributed by atoms with Gasteiger partial charge in [-0.1, -0.05) is 24.3 Å². The number of likely N-dealkylation sites (tertiary alicyclic amines) is 1. The Labute approximate surface area is 224 Å². The monoisotopic (exact) mass is 517 g/mol. The van der Waals surface area contributed by atoms with Crippen molar-refractivity contribution >= 4 is 11.1 Å². The minimum atomic E-state index is -0.386. The van der Waals surface area contributed by atoms with Crippen molar-refractivity contribution < 1.29 is 24.1 Å². The molecule has 0 saturated carbocycles. The van der Waals surface area contributed by atoms with Crippen LogP contribution in [0.25, 0.3) is 11.1 Å². The fraction of sp³-hybridized carbons (Fsp3) is 0.375. The van der Waals surface area contributed by atoms with Crippen LogP contribution in [0.15, 0.2) is 66.7 Å². The largest absolute Gasteiger partial charge is 0.508 e. The van der Waals surface area contributed by atoms with E-state index >= 15 is 0 Å². The second kappa shape index (κ2) is 11.5. The van der Waals surface area contributed by atoms with E-state index in [1.165, 1.54) is 0 Å². The first kappa shape index (κ1) is 26.1. The molecule has 2 N–H and O–H groups in total. The number of ether oxygens (including phenoxy) is 2. The van der Waals surface area contributed by atoms with E-state index in [1.807, 2.05) is 43.3 Å². The van der Waals surface area contributed by atoms with Gasteiger partial charge in [0.05, 0.1) is 6.67 Å². The molecule has 2 aliphatic heterocycles. The van der Waals surface area contributed by atoms with Gasteiger partial charge in [-0.3, -0.25) is 9.29 Å². The molecule has 38 heavy (non-hydrogen) atoms. The fourth-order valence-corrected chi connectivity index (χ4v) is 5.67. The summed E-state index contributed by atoms with van der Waals surface area (Å²) in [6.07, 6.45) is 2.49. The molecule has 3 unspecified atom stereocenters. The van der Waals surface area contributed by atoms with Crippen molar-refractivity contribution in [3.8, 4) is 23.0 Å².